The molecule has 0 bridgehead atoms. The van der Waals surface area contributed by atoms with E-state index in [2.05, 4.69) is 9.97 Å². The number of aryl methyl sites for hydroxylation is 1. The summed E-state index contributed by atoms with van der Waals surface area (Å²) in [5.74, 6) is 0.711. The largest absolute Gasteiger partial charge is 0.289 e. The van der Waals surface area contributed by atoms with E-state index >= 15 is 0 Å². The number of thiazole rings is 1. The van der Waals surface area contributed by atoms with Crippen LogP contribution in [0.25, 0.3) is 21.1 Å². The van der Waals surface area contributed by atoms with Crippen LogP contribution < -0.4 is 5.56 Å². The Hall–Kier alpha value is -2.53. The van der Waals surface area contributed by atoms with Crippen LogP contribution in [0.4, 0.5) is 0 Å². The van der Waals surface area contributed by atoms with Gasteiger partial charge in [-0.15, -0.1) is 11.3 Å². The Kier molecular flexibility index (Phi) is 3.01. The molecule has 108 valence electrons. The van der Waals surface area contributed by atoms with Gasteiger partial charge in [0, 0.05) is 0 Å². The number of nitrogens with zero attached hydrogens (tertiary/aromatic N) is 3. The van der Waals surface area contributed by atoms with Gasteiger partial charge in [-0.25, -0.2) is 9.97 Å². The van der Waals surface area contributed by atoms with Crippen molar-refractivity contribution in [3.63, 3.8) is 0 Å². The Labute approximate surface area is 130 Å². The van der Waals surface area contributed by atoms with E-state index in [1.807, 2.05) is 55.5 Å². The van der Waals surface area contributed by atoms with Crippen molar-refractivity contribution in [2.24, 2.45) is 0 Å². The Bertz CT molecular complexity index is 1020. The maximum absolute atomic E-state index is 12.7. The fraction of sp³-hybridized carbons (Fsp3) is 0.118. The zero-order valence-electron chi connectivity index (χ0n) is 12.0. The van der Waals surface area contributed by atoms with Gasteiger partial charge in [0.15, 0.2) is 0 Å². The highest BCUT2D eigenvalue weighted by molar-refractivity contribution is 7.18. The second-order valence-corrected chi connectivity index (χ2v) is 6.26. The molecule has 0 fully saturated rings. The first-order chi connectivity index (χ1) is 10.7. The number of fused-ring (bicyclic) bond motifs is 2. The number of para-hydroxylation sites is 2. The molecule has 0 N–H and O–H groups in total. The van der Waals surface area contributed by atoms with Crippen molar-refractivity contribution in [3.05, 3.63) is 69.7 Å². The van der Waals surface area contributed by atoms with Gasteiger partial charge < -0.3 is 0 Å². The Morgan fingerprint density at radius 1 is 1.00 bits per heavy atom. The molecule has 0 saturated carbocycles. The smallest absolute Gasteiger partial charge is 0.261 e. The fourth-order valence-electron chi connectivity index (χ4n) is 2.59. The fourth-order valence-corrected chi connectivity index (χ4v) is 3.54. The summed E-state index contributed by atoms with van der Waals surface area (Å²) in [4.78, 5) is 21.8. The zero-order valence-corrected chi connectivity index (χ0v) is 12.8. The quantitative estimate of drug-likeness (QED) is 0.570. The maximum Gasteiger partial charge on any atom is 0.261 e. The van der Waals surface area contributed by atoms with E-state index in [0.29, 0.717) is 17.8 Å². The van der Waals surface area contributed by atoms with Gasteiger partial charge in [-0.2, -0.15) is 0 Å². The van der Waals surface area contributed by atoms with Crippen LogP contribution >= 0.6 is 11.3 Å². The molecule has 0 radical (unpaired) electrons. The maximum atomic E-state index is 12.7. The summed E-state index contributed by atoms with van der Waals surface area (Å²) < 4.78 is 2.83. The highest BCUT2D eigenvalue weighted by Gasteiger charge is 2.10. The third-order valence-corrected chi connectivity index (χ3v) is 4.71. The highest BCUT2D eigenvalue weighted by atomic mass is 32.1. The summed E-state index contributed by atoms with van der Waals surface area (Å²) in [5, 5.41) is 1.57. The minimum absolute atomic E-state index is 0.0117. The van der Waals surface area contributed by atoms with Crippen LogP contribution in [0, 0.1) is 6.92 Å². The molecule has 0 aliphatic rings. The lowest BCUT2D eigenvalue weighted by Crippen LogP contribution is -2.24. The topological polar surface area (TPSA) is 47.8 Å². The molecule has 0 atom stereocenters. The first kappa shape index (κ1) is 13.2. The summed E-state index contributed by atoms with van der Waals surface area (Å²) in [6.45, 7) is 2.32. The van der Waals surface area contributed by atoms with E-state index in [9.17, 15) is 4.79 Å². The molecular weight excluding hydrogens is 294 g/mol. The van der Waals surface area contributed by atoms with Crippen molar-refractivity contribution < 1.29 is 0 Å². The van der Waals surface area contributed by atoms with Gasteiger partial charge in [0.25, 0.3) is 5.56 Å². The number of rotatable bonds is 2. The second-order valence-electron chi connectivity index (χ2n) is 5.14. The number of aromatic nitrogens is 3. The van der Waals surface area contributed by atoms with E-state index in [4.69, 9.17) is 0 Å². The van der Waals surface area contributed by atoms with Crippen LogP contribution in [0.1, 0.15) is 10.8 Å². The third kappa shape index (κ3) is 2.10. The van der Waals surface area contributed by atoms with Gasteiger partial charge in [-0.1, -0.05) is 24.3 Å². The molecule has 0 saturated heterocycles. The van der Waals surface area contributed by atoms with Crippen molar-refractivity contribution in [2.45, 2.75) is 13.5 Å². The molecule has 0 amide bonds. The molecule has 0 spiro atoms. The monoisotopic (exact) mass is 307 g/mol. The summed E-state index contributed by atoms with van der Waals surface area (Å²) in [6.07, 6.45) is 0. The molecule has 0 aliphatic heterocycles. The van der Waals surface area contributed by atoms with E-state index in [0.717, 1.165) is 20.7 Å². The van der Waals surface area contributed by atoms with E-state index in [1.54, 1.807) is 15.9 Å². The molecule has 4 nitrogen and oxygen atoms in total. The molecule has 0 unspecified atom stereocenters. The lowest BCUT2D eigenvalue weighted by molar-refractivity contribution is 0.710. The van der Waals surface area contributed by atoms with E-state index < -0.39 is 0 Å². The summed E-state index contributed by atoms with van der Waals surface area (Å²) >= 11 is 1.62. The molecule has 2 aromatic carbocycles. The van der Waals surface area contributed by atoms with Crippen molar-refractivity contribution in [1.82, 2.24) is 14.5 Å². The predicted octanol–water partition coefficient (Wildman–Crippen LogP) is 3.36. The zero-order chi connectivity index (χ0) is 15.1. The number of benzene rings is 2. The van der Waals surface area contributed by atoms with Gasteiger partial charge in [0.2, 0.25) is 0 Å². The normalized spacial score (nSPS) is 11.3. The van der Waals surface area contributed by atoms with Crippen LogP contribution in [-0.2, 0) is 6.54 Å². The molecule has 22 heavy (non-hydrogen) atoms. The van der Waals surface area contributed by atoms with Crippen LogP contribution in [0.15, 0.2) is 53.3 Å². The molecule has 0 aliphatic carbocycles. The van der Waals surface area contributed by atoms with Crippen LogP contribution in [0.2, 0.25) is 0 Å². The third-order valence-electron chi connectivity index (χ3n) is 3.68. The summed E-state index contributed by atoms with van der Waals surface area (Å²) in [7, 11) is 0. The summed E-state index contributed by atoms with van der Waals surface area (Å²) in [5.41, 5.74) is 1.70. The van der Waals surface area contributed by atoms with Gasteiger partial charge >= 0.3 is 0 Å². The average Bonchev–Trinajstić information content (AvgIpc) is 2.94. The summed E-state index contributed by atoms with van der Waals surface area (Å²) in [6, 6.07) is 15.5. The average molecular weight is 307 g/mol. The lowest BCUT2D eigenvalue weighted by Gasteiger charge is -2.08. The van der Waals surface area contributed by atoms with Crippen LogP contribution in [-0.4, -0.2) is 14.5 Å². The first-order valence-electron chi connectivity index (χ1n) is 7.03. The molecule has 2 aromatic heterocycles. The van der Waals surface area contributed by atoms with E-state index in [-0.39, 0.29) is 5.56 Å². The van der Waals surface area contributed by atoms with E-state index in [1.165, 1.54) is 0 Å². The molecule has 2 heterocycles. The molecule has 4 rings (SSSR count). The Balaban J connectivity index is 1.85. The van der Waals surface area contributed by atoms with Gasteiger partial charge in [0.1, 0.15) is 10.8 Å². The predicted molar refractivity (Wildman–Crippen MR) is 89.5 cm³/mol. The molecule has 4 aromatic rings. The minimum atomic E-state index is -0.0117. The minimum Gasteiger partial charge on any atom is -0.289 e. The highest BCUT2D eigenvalue weighted by Crippen LogP contribution is 2.22. The van der Waals surface area contributed by atoms with Gasteiger partial charge in [0.05, 0.1) is 27.7 Å². The van der Waals surface area contributed by atoms with Crippen molar-refractivity contribution in [1.29, 1.82) is 0 Å². The SMILES string of the molecule is Cc1nc2ccccc2c(=O)n1Cc1nc2ccccc2s1. The second kappa shape index (κ2) is 5.03. The lowest BCUT2D eigenvalue weighted by atomic mass is 10.2. The first-order valence-corrected chi connectivity index (χ1v) is 7.84. The van der Waals surface area contributed by atoms with Crippen molar-refractivity contribution >= 4 is 32.5 Å². The standard InChI is InChI=1S/C17H13N3OS/c1-11-18-13-7-3-2-6-12(13)17(21)20(11)10-16-19-14-8-4-5-9-15(14)22-16/h2-9H,10H2,1H3. The number of hydrogen-bond acceptors (Lipinski definition) is 4. The van der Waals surface area contributed by atoms with Crippen molar-refractivity contribution in [3.8, 4) is 0 Å². The van der Waals surface area contributed by atoms with Gasteiger partial charge in [-0.05, 0) is 31.2 Å². The van der Waals surface area contributed by atoms with Gasteiger partial charge in [-0.3, -0.25) is 9.36 Å². The Morgan fingerprint density at radius 3 is 2.55 bits per heavy atom. The molecular formula is C17H13N3OS. The van der Waals surface area contributed by atoms with Crippen LogP contribution in [0.5, 0.6) is 0 Å². The van der Waals surface area contributed by atoms with Crippen molar-refractivity contribution in [2.75, 3.05) is 0 Å². The number of hydrogen-bond donors (Lipinski definition) is 0. The van der Waals surface area contributed by atoms with Crippen LogP contribution in [0.3, 0.4) is 0 Å². The molecule has 5 heteroatoms. The Morgan fingerprint density at radius 2 is 1.73 bits per heavy atom.